The fourth-order valence-electron chi connectivity index (χ4n) is 4.03. The van der Waals surface area contributed by atoms with Gasteiger partial charge >= 0.3 is 0 Å². The van der Waals surface area contributed by atoms with Crippen LogP contribution in [-0.4, -0.2) is 11.8 Å². The van der Waals surface area contributed by atoms with Gasteiger partial charge in [-0.15, -0.1) is 0 Å². The number of hydrogen-bond donors (Lipinski definition) is 1. The van der Waals surface area contributed by atoms with Crippen LogP contribution >= 0.6 is 0 Å². The van der Waals surface area contributed by atoms with E-state index < -0.39 is 0 Å². The highest BCUT2D eigenvalue weighted by molar-refractivity contribution is 6.46. The summed E-state index contributed by atoms with van der Waals surface area (Å²) >= 11 is 0. The molecule has 0 radical (unpaired) electrons. The van der Waals surface area contributed by atoms with Crippen molar-refractivity contribution in [2.24, 2.45) is 0 Å². The molecule has 4 rings (SSSR count). The van der Waals surface area contributed by atoms with E-state index >= 15 is 0 Å². The first-order valence-corrected chi connectivity index (χ1v) is 11.7. The number of benzene rings is 3. The topological polar surface area (TPSA) is 49.4 Å². The van der Waals surface area contributed by atoms with Crippen molar-refractivity contribution in [3.63, 3.8) is 0 Å². The molecule has 0 aliphatic carbocycles. The van der Waals surface area contributed by atoms with Gasteiger partial charge in [-0.3, -0.25) is 9.59 Å². The number of aryl methyl sites for hydroxylation is 3. The molecule has 4 nitrogen and oxygen atoms in total. The lowest BCUT2D eigenvalue weighted by molar-refractivity contribution is -0.120. The number of amides is 2. The van der Waals surface area contributed by atoms with Crippen LogP contribution in [0.4, 0.5) is 11.4 Å². The van der Waals surface area contributed by atoms with E-state index in [4.69, 9.17) is 0 Å². The number of unbranched alkanes of at least 4 members (excludes halogenated alkanes) is 1. The molecule has 0 saturated carbocycles. The van der Waals surface area contributed by atoms with E-state index in [1.807, 2.05) is 79.7 Å². The molecule has 0 fully saturated rings. The lowest BCUT2D eigenvalue weighted by Crippen LogP contribution is -2.32. The lowest BCUT2D eigenvalue weighted by Gasteiger charge is -2.16. The summed E-state index contributed by atoms with van der Waals surface area (Å²) in [4.78, 5) is 28.4. The van der Waals surface area contributed by atoms with Gasteiger partial charge in [-0.2, -0.15) is 0 Å². The molecule has 1 aliphatic rings. The number of rotatable bonds is 8. The summed E-state index contributed by atoms with van der Waals surface area (Å²) in [5, 5.41) is 3.24. The Kier molecular flexibility index (Phi) is 6.74. The van der Waals surface area contributed by atoms with Crippen molar-refractivity contribution in [3.8, 4) is 0 Å². The summed E-state index contributed by atoms with van der Waals surface area (Å²) in [5.41, 5.74) is 6.33. The zero-order chi connectivity index (χ0) is 23.4. The fraction of sp³-hybridized carbons (Fsp3) is 0.241. The minimum Gasteiger partial charge on any atom is -0.350 e. The van der Waals surface area contributed by atoms with Crippen molar-refractivity contribution in [1.82, 2.24) is 0 Å². The first-order chi connectivity index (χ1) is 16.0. The molecule has 2 amide bonds. The highest BCUT2D eigenvalue weighted by Gasteiger charge is 2.40. The van der Waals surface area contributed by atoms with Crippen LogP contribution in [0.3, 0.4) is 0 Å². The van der Waals surface area contributed by atoms with Gasteiger partial charge in [-0.1, -0.05) is 74.4 Å². The van der Waals surface area contributed by atoms with Gasteiger partial charge in [-0.25, -0.2) is 4.90 Å². The summed E-state index contributed by atoms with van der Waals surface area (Å²) in [6.07, 6.45) is 4.18. The van der Waals surface area contributed by atoms with Gasteiger partial charge in [-0.05, 0) is 67.1 Å². The number of carbonyl (C=O) groups is 2. The smallest absolute Gasteiger partial charge is 0.282 e. The lowest BCUT2D eigenvalue weighted by atomic mass is 10.0. The number of nitrogens with one attached hydrogen (secondary N) is 1. The van der Waals surface area contributed by atoms with Crippen molar-refractivity contribution in [3.05, 3.63) is 101 Å². The minimum atomic E-state index is -0.337. The number of imide groups is 1. The van der Waals surface area contributed by atoms with Gasteiger partial charge < -0.3 is 5.32 Å². The number of nitrogens with zero attached hydrogens (tertiary/aromatic N) is 1. The highest BCUT2D eigenvalue weighted by Crippen LogP contribution is 2.34. The van der Waals surface area contributed by atoms with E-state index in [1.54, 1.807) is 0 Å². The SMILES string of the molecule is CCCCc1ccc(N2C(=O)C(Nc3ccc(CC)cc3)=C(c3ccc(C)cc3)C2=O)cc1. The van der Waals surface area contributed by atoms with Crippen molar-refractivity contribution in [2.75, 3.05) is 10.2 Å². The zero-order valence-corrected chi connectivity index (χ0v) is 19.5. The molecule has 3 aromatic carbocycles. The Morgan fingerprint density at radius 3 is 2.00 bits per heavy atom. The molecule has 0 atom stereocenters. The molecule has 168 valence electrons. The second kappa shape index (κ2) is 9.86. The first kappa shape index (κ1) is 22.5. The molecule has 33 heavy (non-hydrogen) atoms. The van der Waals surface area contributed by atoms with Gasteiger partial charge in [0.05, 0.1) is 11.3 Å². The Bertz CT molecular complexity index is 1170. The number of hydrogen-bond acceptors (Lipinski definition) is 3. The van der Waals surface area contributed by atoms with E-state index in [1.165, 1.54) is 16.0 Å². The van der Waals surface area contributed by atoms with Crippen LogP contribution in [-0.2, 0) is 22.4 Å². The first-order valence-electron chi connectivity index (χ1n) is 11.7. The molecule has 3 aromatic rings. The molecule has 0 aromatic heterocycles. The summed E-state index contributed by atoms with van der Waals surface area (Å²) < 4.78 is 0. The van der Waals surface area contributed by atoms with Crippen LogP contribution in [0.5, 0.6) is 0 Å². The predicted octanol–water partition coefficient (Wildman–Crippen LogP) is 6.30. The third-order valence-corrected chi connectivity index (χ3v) is 6.07. The van der Waals surface area contributed by atoms with Crippen LogP contribution < -0.4 is 10.2 Å². The Hall–Kier alpha value is -3.66. The maximum atomic E-state index is 13.6. The maximum Gasteiger partial charge on any atom is 0.282 e. The van der Waals surface area contributed by atoms with E-state index in [-0.39, 0.29) is 11.8 Å². The zero-order valence-electron chi connectivity index (χ0n) is 19.5. The Morgan fingerprint density at radius 1 is 0.758 bits per heavy atom. The standard InChI is InChI=1S/C29H30N2O2/c1-4-6-7-22-12-18-25(19-13-22)31-28(32)26(23-14-8-20(3)9-15-23)27(29(31)33)30-24-16-10-21(5-2)11-17-24/h8-19,30H,4-7H2,1-3H3. The second-order valence-electron chi connectivity index (χ2n) is 8.51. The van der Waals surface area contributed by atoms with Crippen molar-refractivity contribution >= 4 is 28.8 Å². The largest absolute Gasteiger partial charge is 0.350 e. The van der Waals surface area contributed by atoms with Gasteiger partial charge in [0.15, 0.2) is 0 Å². The Labute approximate surface area is 195 Å². The van der Waals surface area contributed by atoms with Crippen LogP contribution in [0.2, 0.25) is 0 Å². The van der Waals surface area contributed by atoms with Gasteiger partial charge in [0.2, 0.25) is 0 Å². The summed E-state index contributed by atoms with van der Waals surface area (Å²) in [7, 11) is 0. The van der Waals surface area contributed by atoms with Crippen molar-refractivity contribution in [1.29, 1.82) is 0 Å². The van der Waals surface area contributed by atoms with Crippen LogP contribution in [0.25, 0.3) is 5.57 Å². The summed E-state index contributed by atoms with van der Waals surface area (Å²) in [6.45, 7) is 6.27. The Morgan fingerprint density at radius 2 is 1.39 bits per heavy atom. The Balaban J connectivity index is 1.71. The molecule has 0 bridgehead atoms. The molecule has 0 unspecified atom stereocenters. The summed E-state index contributed by atoms with van der Waals surface area (Å²) in [6, 6.07) is 23.4. The number of carbonyl (C=O) groups excluding carboxylic acids is 2. The van der Waals surface area contributed by atoms with E-state index in [9.17, 15) is 9.59 Å². The highest BCUT2D eigenvalue weighted by atomic mass is 16.2. The predicted molar refractivity (Wildman–Crippen MR) is 135 cm³/mol. The van der Waals surface area contributed by atoms with Crippen molar-refractivity contribution in [2.45, 2.75) is 46.5 Å². The molecule has 1 aliphatic heterocycles. The van der Waals surface area contributed by atoms with Crippen molar-refractivity contribution < 1.29 is 9.59 Å². The van der Waals surface area contributed by atoms with Gasteiger partial charge in [0.1, 0.15) is 5.70 Å². The van der Waals surface area contributed by atoms with Crippen LogP contribution in [0, 0.1) is 6.92 Å². The maximum absolute atomic E-state index is 13.6. The normalized spacial score (nSPS) is 13.7. The second-order valence-corrected chi connectivity index (χ2v) is 8.51. The van der Waals surface area contributed by atoms with Gasteiger partial charge in [0.25, 0.3) is 11.8 Å². The molecule has 1 heterocycles. The molecule has 0 spiro atoms. The minimum absolute atomic E-state index is 0.308. The monoisotopic (exact) mass is 438 g/mol. The van der Waals surface area contributed by atoms with Crippen LogP contribution in [0.15, 0.2) is 78.5 Å². The molecular formula is C29H30N2O2. The average Bonchev–Trinajstić information content (AvgIpc) is 3.08. The fourth-order valence-corrected chi connectivity index (χ4v) is 4.03. The molecular weight excluding hydrogens is 408 g/mol. The average molecular weight is 439 g/mol. The van der Waals surface area contributed by atoms with E-state index in [0.717, 1.165) is 42.5 Å². The molecule has 1 N–H and O–H groups in total. The van der Waals surface area contributed by atoms with E-state index in [2.05, 4.69) is 19.2 Å². The van der Waals surface area contributed by atoms with Crippen LogP contribution in [0.1, 0.15) is 48.9 Å². The number of anilines is 2. The quantitative estimate of drug-likeness (QED) is 0.420. The molecule has 4 heteroatoms. The third kappa shape index (κ3) is 4.75. The van der Waals surface area contributed by atoms with Gasteiger partial charge in [0, 0.05) is 5.69 Å². The molecule has 0 saturated heterocycles. The van der Waals surface area contributed by atoms with E-state index in [0.29, 0.717) is 17.0 Å². The summed E-state index contributed by atoms with van der Waals surface area (Å²) in [5.74, 6) is -0.644. The third-order valence-electron chi connectivity index (χ3n) is 6.07.